The second kappa shape index (κ2) is 33.0. The third-order valence-corrected chi connectivity index (χ3v) is 20.0. The summed E-state index contributed by atoms with van der Waals surface area (Å²) in [6.45, 7) is 0.520. The number of nitrogens with zero attached hydrogens (tertiary/aromatic N) is 1. The number of ether oxygens (including phenoxy) is 16. The van der Waals surface area contributed by atoms with Crippen molar-refractivity contribution in [2.24, 2.45) is 11.8 Å². The van der Waals surface area contributed by atoms with Gasteiger partial charge >= 0.3 is 0 Å². The van der Waals surface area contributed by atoms with Gasteiger partial charge in [-0.05, 0) is 44.2 Å². The zero-order valence-corrected chi connectivity index (χ0v) is 52.6. The number of aliphatic hydroxyl groups is 22. The van der Waals surface area contributed by atoms with Crippen LogP contribution in [0.1, 0.15) is 40.0 Å². The van der Waals surface area contributed by atoms with Crippen LogP contribution in [-0.2, 0) is 75.8 Å². The molecule has 39 heteroatoms. The Balaban J connectivity index is 0.927. The molecule has 0 radical (unpaired) electrons. The molecule has 31 aliphatic heterocycles. The molecule has 96 heavy (non-hydrogen) atoms. The van der Waals surface area contributed by atoms with Gasteiger partial charge in [0, 0.05) is 6.54 Å². The van der Waals surface area contributed by atoms with Gasteiger partial charge in [-0.1, -0.05) is 20.8 Å². The van der Waals surface area contributed by atoms with Crippen LogP contribution >= 0.6 is 0 Å². The molecule has 16 bridgehead atoms. The summed E-state index contributed by atoms with van der Waals surface area (Å²) in [5.41, 5.74) is 0. The zero-order chi connectivity index (χ0) is 69.6. The fourth-order valence-corrected chi connectivity index (χ4v) is 14.1. The van der Waals surface area contributed by atoms with E-state index in [1.807, 2.05) is 4.90 Å². The molecule has 31 rings (SSSR count). The average Bonchev–Trinajstić information content (AvgIpc) is 0.780. The van der Waals surface area contributed by atoms with Gasteiger partial charge in [0.05, 0.1) is 45.7 Å². The minimum Gasteiger partial charge on any atom is -0.394 e. The largest absolute Gasteiger partial charge is 0.394 e. The summed E-state index contributed by atoms with van der Waals surface area (Å²) >= 11 is 0. The third kappa shape index (κ3) is 15.6. The molecule has 31 heterocycles. The topological polar surface area (TPSA) is 596 Å². The molecule has 31 aliphatic rings. The van der Waals surface area contributed by atoms with Crippen LogP contribution in [0.4, 0.5) is 0 Å². The third-order valence-electron chi connectivity index (χ3n) is 20.0. The Morgan fingerprint density at radius 2 is 0.438 bits per heavy atom. The first-order chi connectivity index (χ1) is 45.7. The van der Waals surface area contributed by atoms with Gasteiger partial charge in [0.15, 0.2) is 50.3 Å². The van der Waals surface area contributed by atoms with E-state index >= 15 is 0 Å². The maximum Gasteiger partial charge on any atom is 0.187 e. The van der Waals surface area contributed by atoms with E-state index in [0.29, 0.717) is 24.9 Å². The predicted molar refractivity (Wildman–Crippen MR) is 301 cm³/mol. The Morgan fingerprint density at radius 3 is 0.625 bits per heavy atom. The van der Waals surface area contributed by atoms with E-state index < -0.39 is 285 Å². The monoisotopic (exact) mass is 1400 g/mol. The standard InChI is InChI=1S/C57H97NO38/c1-4-18-42-26(65)34(73)50(81-18)91-44-20(10-59)84-53(37(76)29(44)68)93-46-22(12-61)86-55(39(78)31(46)70)95-48-24(14-63)88-57(41(80)33(48)72)96-49-25(15-64)87-56(40(79)32(49)71)94-47-23(13-62)85-54(38(77)30(47)69)92-45-21(11-60)83-52(36(75)28(45)67)90-43-19(82-51(89-42)35(74)27(43)66)9-58-7-5-17(6-8-58)16(2)3/h16-57,59-80H,4-15H2,1-3H3. The van der Waals surface area contributed by atoms with Crippen molar-refractivity contribution >= 4 is 0 Å². The molecule has 40 atom stereocenters. The van der Waals surface area contributed by atoms with Crippen molar-refractivity contribution in [2.45, 2.75) is 286 Å². The lowest BCUT2D eigenvalue weighted by molar-refractivity contribution is -0.403. The number of aliphatic hydroxyl groups excluding tert-OH is 22. The lowest BCUT2D eigenvalue weighted by atomic mass is 9.86. The van der Waals surface area contributed by atoms with Crippen LogP contribution in [0.15, 0.2) is 0 Å². The number of likely N-dealkylation sites (tertiary alicyclic amines) is 1. The summed E-state index contributed by atoms with van der Waals surface area (Å²) in [5.74, 6) is 0.710. The molecular weight excluding hydrogens is 1310 g/mol. The van der Waals surface area contributed by atoms with Crippen LogP contribution in [0.3, 0.4) is 0 Å². The van der Waals surface area contributed by atoms with Crippen molar-refractivity contribution in [3.05, 3.63) is 0 Å². The van der Waals surface area contributed by atoms with Crippen LogP contribution < -0.4 is 0 Å². The number of rotatable bonds is 10. The van der Waals surface area contributed by atoms with Crippen molar-refractivity contribution < 1.29 is 188 Å². The Kier molecular flexibility index (Phi) is 26.5. The highest BCUT2D eigenvalue weighted by molar-refractivity contribution is 5.03. The first-order valence-electron chi connectivity index (χ1n) is 32.5. The predicted octanol–water partition coefficient (Wildman–Crippen LogP) is -13.6. The van der Waals surface area contributed by atoms with E-state index in [0.717, 1.165) is 12.8 Å². The zero-order valence-electron chi connectivity index (χ0n) is 52.6. The molecule has 0 saturated carbocycles. The summed E-state index contributed by atoms with van der Waals surface area (Å²) in [7, 11) is 0. The number of hydrogen-bond donors (Lipinski definition) is 22. The van der Waals surface area contributed by atoms with Gasteiger partial charge < -0.3 is 193 Å². The van der Waals surface area contributed by atoms with Crippen LogP contribution in [0, 0.1) is 11.8 Å². The Hall–Kier alpha value is -1.56. The van der Waals surface area contributed by atoms with Gasteiger partial charge in [0.1, 0.15) is 189 Å². The minimum atomic E-state index is -2.23. The fourth-order valence-electron chi connectivity index (χ4n) is 14.1. The molecule has 31 fully saturated rings. The highest BCUT2D eigenvalue weighted by Crippen LogP contribution is 2.41. The molecule has 22 N–H and O–H groups in total. The molecule has 0 spiro atoms. The lowest BCUT2D eigenvalue weighted by Crippen LogP contribution is -2.69. The minimum absolute atomic E-state index is 0.0336. The Bertz CT molecular complexity index is 2360. The van der Waals surface area contributed by atoms with E-state index in [1.165, 1.54) is 0 Å². The Morgan fingerprint density at radius 1 is 0.260 bits per heavy atom. The quantitative estimate of drug-likeness (QED) is 0.0966. The molecule has 0 aromatic heterocycles. The second-order valence-electron chi connectivity index (χ2n) is 26.4. The lowest BCUT2D eigenvalue weighted by Gasteiger charge is -2.51. The van der Waals surface area contributed by atoms with Gasteiger partial charge in [-0.15, -0.1) is 0 Å². The smallest absolute Gasteiger partial charge is 0.187 e. The normalized spacial score (nSPS) is 53.2. The first kappa shape index (κ1) is 77.1. The van der Waals surface area contributed by atoms with E-state index in [9.17, 15) is 112 Å². The van der Waals surface area contributed by atoms with Gasteiger partial charge in [0.2, 0.25) is 0 Å². The number of piperidine rings is 1. The summed E-state index contributed by atoms with van der Waals surface area (Å²) in [5, 5.41) is 249. The van der Waals surface area contributed by atoms with Crippen LogP contribution in [0.25, 0.3) is 0 Å². The second-order valence-corrected chi connectivity index (χ2v) is 26.4. The fraction of sp³-hybridized carbons (Fsp3) is 1.00. The van der Waals surface area contributed by atoms with Crippen LogP contribution in [0.5, 0.6) is 0 Å². The molecule has 39 nitrogen and oxygen atoms in total. The maximum absolute atomic E-state index is 12.0. The summed E-state index contributed by atoms with van der Waals surface area (Å²) in [4.78, 5) is 1.98. The van der Waals surface area contributed by atoms with E-state index in [1.54, 1.807) is 6.92 Å². The molecule has 0 aliphatic carbocycles. The van der Waals surface area contributed by atoms with Crippen molar-refractivity contribution in [3.63, 3.8) is 0 Å². The van der Waals surface area contributed by atoms with Crippen molar-refractivity contribution in [1.29, 1.82) is 0 Å². The molecule has 0 amide bonds. The van der Waals surface area contributed by atoms with Gasteiger partial charge in [0.25, 0.3) is 0 Å². The van der Waals surface area contributed by atoms with Crippen molar-refractivity contribution in [2.75, 3.05) is 59.3 Å². The molecule has 0 aromatic rings. The van der Waals surface area contributed by atoms with Crippen molar-refractivity contribution in [1.82, 2.24) is 4.90 Å². The summed E-state index contributed by atoms with van der Waals surface area (Å²) in [6, 6.07) is 0. The highest BCUT2D eigenvalue weighted by Gasteiger charge is 2.60. The van der Waals surface area contributed by atoms with Crippen LogP contribution in [-0.4, -0.2) is 422 Å². The molecular formula is C57H97NO38. The van der Waals surface area contributed by atoms with Gasteiger partial charge in [-0.3, -0.25) is 0 Å². The summed E-state index contributed by atoms with van der Waals surface area (Å²) < 4.78 is 94.5. The van der Waals surface area contributed by atoms with E-state index in [-0.39, 0.29) is 13.0 Å². The van der Waals surface area contributed by atoms with E-state index in [4.69, 9.17) is 75.8 Å². The van der Waals surface area contributed by atoms with Crippen molar-refractivity contribution in [3.8, 4) is 0 Å². The Labute approximate surface area is 548 Å². The van der Waals surface area contributed by atoms with Gasteiger partial charge in [-0.2, -0.15) is 0 Å². The SMILES string of the molecule is CCC1OC2OC3C(CO)OC(OC4C(CO)OC(OC5C(CO)OC(OC6C(CO)OC(OC7C(CO)OC(OC8C(CO)OC(OC9C(CN%10CCC(C(C)C)CC%10)OC(OC1C(O)C2O)C(O)C9O)C(O)C8O)C(O)C7O)C(O)C6O)C(O)C5O)C(O)C4O)C(O)C3O. The molecule has 0 aromatic carbocycles. The molecule has 31 saturated heterocycles. The average molecular weight is 1400 g/mol. The highest BCUT2D eigenvalue weighted by atomic mass is 16.8. The van der Waals surface area contributed by atoms with Gasteiger partial charge in [-0.25, -0.2) is 0 Å². The maximum atomic E-state index is 12.0. The molecule has 558 valence electrons. The summed E-state index contributed by atoms with van der Waals surface area (Å²) in [6.07, 6.45) is -76.6. The van der Waals surface area contributed by atoms with Crippen LogP contribution in [0.2, 0.25) is 0 Å². The first-order valence-corrected chi connectivity index (χ1v) is 32.5. The molecule has 40 unspecified atom stereocenters. The number of hydrogen-bond acceptors (Lipinski definition) is 39. The van der Waals surface area contributed by atoms with E-state index in [2.05, 4.69) is 13.8 Å².